The number of hydrogen-bond donors (Lipinski definition) is 0. The van der Waals surface area contributed by atoms with Gasteiger partial charge >= 0.3 is 0 Å². The molecule has 1 aliphatic rings. The Morgan fingerprint density at radius 3 is 2.11 bits per heavy atom. The van der Waals surface area contributed by atoms with Crippen molar-refractivity contribution in [2.45, 2.75) is 96.8 Å². The van der Waals surface area contributed by atoms with Crippen molar-refractivity contribution in [3.05, 3.63) is 47.8 Å². The molecule has 1 aromatic carbocycles. The van der Waals surface area contributed by atoms with Crippen LogP contribution in [0.15, 0.2) is 36.7 Å². The molecular weight excluding hydrogens is 340 g/mol. The Kier molecular flexibility index (Phi) is 8.51. The topological polar surface area (TPSA) is 25.8 Å². The van der Waals surface area contributed by atoms with Gasteiger partial charge in [0, 0.05) is 18.0 Å². The zero-order valence-corrected chi connectivity index (χ0v) is 18.0. The third kappa shape index (κ3) is 6.15. The van der Waals surface area contributed by atoms with Crippen molar-refractivity contribution in [1.29, 1.82) is 0 Å². The summed E-state index contributed by atoms with van der Waals surface area (Å²) in [6, 6.07) is 8.73. The average molecular weight is 379 g/mol. The Morgan fingerprint density at radius 2 is 1.46 bits per heavy atom. The number of aryl methyl sites for hydroxylation is 1. The van der Waals surface area contributed by atoms with Gasteiger partial charge in [0.1, 0.15) is 0 Å². The Labute approximate surface area is 172 Å². The molecule has 1 aliphatic carbocycles. The lowest BCUT2D eigenvalue weighted by Crippen LogP contribution is -2.14. The van der Waals surface area contributed by atoms with Crippen LogP contribution in [0.25, 0.3) is 11.4 Å². The lowest BCUT2D eigenvalue weighted by atomic mass is 9.77. The van der Waals surface area contributed by atoms with Gasteiger partial charge in [-0.25, -0.2) is 9.97 Å². The number of hydrogen-bond acceptors (Lipinski definition) is 2. The molecule has 0 N–H and O–H groups in total. The summed E-state index contributed by atoms with van der Waals surface area (Å²) in [5.74, 6) is 2.48. The molecule has 28 heavy (non-hydrogen) atoms. The fraction of sp³-hybridized carbons (Fsp3) is 0.615. The van der Waals surface area contributed by atoms with Crippen molar-refractivity contribution in [3.63, 3.8) is 0 Å². The molecule has 2 heteroatoms. The highest BCUT2D eigenvalue weighted by Gasteiger charge is 2.22. The molecule has 1 aromatic heterocycles. The standard InChI is InChI=1S/C26H38N2/c1-3-5-6-7-8-10-22-11-15-23(16-12-22)25-19-27-26(28-20-25)24-17-13-21(9-4-2)14-18-24/h13-14,17-20,22-23H,3-12,15-16H2,1-2H3. The van der Waals surface area contributed by atoms with Gasteiger partial charge in [0.2, 0.25) is 0 Å². The van der Waals surface area contributed by atoms with E-state index in [0.29, 0.717) is 5.92 Å². The van der Waals surface area contributed by atoms with Crippen molar-refractivity contribution in [1.82, 2.24) is 9.97 Å². The monoisotopic (exact) mass is 378 g/mol. The minimum absolute atomic E-state index is 0.664. The molecule has 2 aromatic rings. The van der Waals surface area contributed by atoms with Crippen LogP contribution in [0.1, 0.15) is 102 Å². The fourth-order valence-electron chi connectivity index (χ4n) is 4.63. The zero-order valence-electron chi connectivity index (χ0n) is 18.0. The number of unbranched alkanes of at least 4 members (excludes halogenated alkanes) is 4. The summed E-state index contributed by atoms with van der Waals surface area (Å²) in [7, 11) is 0. The molecule has 0 unspecified atom stereocenters. The van der Waals surface area contributed by atoms with Crippen LogP contribution in [0, 0.1) is 5.92 Å². The normalized spacial score (nSPS) is 19.6. The van der Waals surface area contributed by atoms with Crippen LogP contribution in [-0.2, 0) is 6.42 Å². The van der Waals surface area contributed by atoms with Crippen molar-refractivity contribution in [3.8, 4) is 11.4 Å². The third-order valence-corrected chi connectivity index (χ3v) is 6.46. The van der Waals surface area contributed by atoms with E-state index in [4.69, 9.17) is 0 Å². The zero-order chi connectivity index (χ0) is 19.6. The fourth-order valence-corrected chi connectivity index (χ4v) is 4.63. The van der Waals surface area contributed by atoms with Crippen LogP contribution >= 0.6 is 0 Å². The quantitative estimate of drug-likeness (QED) is 0.395. The van der Waals surface area contributed by atoms with Gasteiger partial charge in [0.25, 0.3) is 0 Å². The Hall–Kier alpha value is -1.70. The van der Waals surface area contributed by atoms with E-state index < -0.39 is 0 Å². The van der Waals surface area contributed by atoms with Crippen LogP contribution in [0.4, 0.5) is 0 Å². The highest BCUT2D eigenvalue weighted by atomic mass is 14.9. The molecule has 0 spiro atoms. The number of benzene rings is 1. The first-order chi connectivity index (χ1) is 13.8. The molecular formula is C26H38N2. The van der Waals surface area contributed by atoms with E-state index in [0.717, 1.165) is 23.7 Å². The smallest absolute Gasteiger partial charge is 0.159 e. The molecule has 1 heterocycles. The SMILES string of the molecule is CCCCCCCC1CCC(c2cnc(-c3ccc(CCC)cc3)nc2)CC1. The van der Waals surface area contributed by atoms with Crippen LogP contribution in [0.3, 0.4) is 0 Å². The van der Waals surface area contributed by atoms with E-state index in [-0.39, 0.29) is 0 Å². The van der Waals surface area contributed by atoms with Crippen LogP contribution in [0.5, 0.6) is 0 Å². The summed E-state index contributed by atoms with van der Waals surface area (Å²) < 4.78 is 0. The maximum Gasteiger partial charge on any atom is 0.159 e. The van der Waals surface area contributed by atoms with Gasteiger partial charge in [0.05, 0.1) is 0 Å². The van der Waals surface area contributed by atoms with Gasteiger partial charge in [-0.1, -0.05) is 83.1 Å². The predicted molar refractivity (Wildman–Crippen MR) is 120 cm³/mol. The average Bonchev–Trinajstić information content (AvgIpc) is 2.75. The van der Waals surface area contributed by atoms with Gasteiger partial charge in [-0.15, -0.1) is 0 Å². The molecule has 0 saturated heterocycles. The third-order valence-electron chi connectivity index (χ3n) is 6.46. The van der Waals surface area contributed by atoms with E-state index in [1.54, 1.807) is 0 Å². The molecule has 152 valence electrons. The Bertz CT molecular complexity index is 667. The van der Waals surface area contributed by atoms with Crippen LogP contribution in [0.2, 0.25) is 0 Å². The minimum atomic E-state index is 0.664. The van der Waals surface area contributed by atoms with Crippen molar-refractivity contribution in [2.75, 3.05) is 0 Å². The van der Waals surface area contributed by atoms with Gasteiger partial charge in [-0.2, -0.15) is 0 Å². The van der Waals surface area contributed by atoms with E-state index in [1.807, 2.05) is 0 Å². The number of nitrogens with zero attached hydrogens (tertiary/aromatic N) is 2. The summed E-state index contributed by atoms with van der Waals surface area (Å²) in [6.07, 6.45) is 20.4. The molecule has 1 saturated carbocycles. The lowest BCUT2D eigenvalue weighted by molar-refractivity contribution is 0.301. The maximum atomic E-state index is 4.69. The first kappa shape index (κ1) is 21.0. The molecule has 0 atom stereocenters. The van der Waals surface area contributed by atoms with Gasteiger partial charge in [-0.05, 0) is 55.1 Å². The second-order valence-electron chi connectivity index (χ2n) is 8.71. The van der Waals surface area contributed by atoms with E-state index in [9.17, 15) is 0 Å². The van der Waals surface area contributed by atoms with Crippen molar-refractivity contribution in [2.24, 2.45) is 5.92 Å². The lowest BCUT2D eigenvalue weighted by Gasteiger charge is -2.28. The summed E-state index contributed by atoms with van der Waals surface area (Å²) in [5, 5.41) is 0. The van der Waals surface area contributed by atoms with Gasteiger partial charge in [0.15, 0.2) is 5.82 Å². The summed E-state index contributed by atoms with van der Waals surface area (Å²) in [4.78, 5) is 9.37. The van der Waals surface area contributed by atoms with Crippen molar-refractivity contribution < 1.29 is 0 Å². The van der Waals surface area contributed by atoms with Crippen molar-refractivity contribution >= 4 is 0 Å². The first-order valence-electron chi connectivity index (χ1n) is 11.7. The van der Waals surface area contributed by atoms with Crippen LogP contribution < -0.4 is 0 Å². The second kappa shape index (κ2) is 11.3. The largest absolute Gasteiger partial charge is 0.236 e. The number of rotatable bonds is 10. The molecule has 0 bridgehead atoms. The minimum Gasteiger partial charge on any atom is -0.236 e. The van der Waals surface area contributed by atoms with E-state index in [1.165, 1.54) is 81.8 Å². The molecule has 1 fully saturated rings. The molecule has 2 nitrogen and oxygen atoms in total. The van der Waals surface area contributed by atoms with E-state index >= 15 is 0 Å². The Morgan fingerprint density at radius 1 is 0.786 bits per heavy atom. The molecule has 0 radical (unpaired) electrons. The molecule has 0 amide bonds. The van der Waals surface area contributed by atoms with Crippen LogP contribution in [-0.4, -0.2) is 9.97 Å². The highest BCUT2D eigenvalue weighted by Crippen LogP contribution is 2.37. The van der Waals surface area contributed by atoms with Gasteiger partial charge in [-0.3, -0.25) is 0 Å². The summed E-state index contributed by atoms with van der Waals surface area (Å²) in [5.41, 5.74) is 3.86. The van der Waals surface area contributed by atoms with E-state index in [2.05, 4.69) is 60.5 Å². The molecule has 0 aliphatic heterocycles. The second-order valence-corrected chi connectivity index (χ2v) is 8.71. The van der Waals surface area contributed by atoms with Gasteiger partial charge < -0.3 is 0 Å². The molecule has 3 rings (SSSR count). The highest BCUT2D eigenvalue weighted by molar-refractivity contribution is 5.55. The predicted octanol–water partition coefficient (Wildman–Crippen LogP) is 7.73. The summed E-state index contributed by atoms with van der Waals surface area (Å²) in [6.45, 7) is 4.51. The summed E-state index contributed by atoms with van der Waals surface area (Å²) >= 11 is 0. The number of aromatic nitrogens is 2. The maximum absolute atomic E-state index is 4.69. The Balaban J connectivity index is 1.46. The first-order valence-corrected chi connectivity index (χ1v) is 11.7.